The molecule has 0 spiro atoms. The summed E-state index contributed by atoms with van der Waals surface area (Å²) < 4.78 is 13.7. The smallest absolute Gasteiger partial charge is 0.254 e. The molecule has 1 amide bonds. The van der Waals surface area contributed by atoms with Crippen LogP contribution in [-0.2, 0) is 0 Å². The molecule has 0 aliphatic rings. The average molecular weight is 258 g/mol. The molecular weight excluding hydrogens is 241 g/mol. The zero-order chi connectivity index (χ0) is 13.1. The fourth-order valence-corrected chi connectivity index (χ4v) is 1.64. The minimum Gasteiger partial charge on any atom is -0.346 e. The van der Waals surface area contributed by atoms with Gasteiger partial charge in [-0.15, -0.1) is 11.6 Å². The SMILES string of the molecule is CCC(C)(CCl)NC(=O)c1cccc(C)c1F. The quantitative estimate of drug-likeness (QED) is 0.824. The molecule has 0 aliphatic carbocycles. The standard InChI is InChI=1S/C13H17ClFNO/c1-4-13(3,8-14)16-12(17)10-7-5-6-9(2)11(10)15/h5-7H,4,8H2,1-3H3,(H,16,17). The molecule has 17 heavy (non-hydrogen) atoms. The normalized spacial score (nSPS) is 14.2. The summed E-state index contributed by atoms with van der Waals surface area (Å²) in [6.07, 6.45) is 0.690. The number of amides is 1. The fraction of sp³-hybridized carbons (Fsp3) is 0.462. The highest BCUT2D eigenvalue weighted by molar-refractivity contribution is 6.18. The maximum Gasteiger partial charge on any atom is 0.254 e. The van der Waals surface area contributed by atoms with Crippen molar-refractivity contribution in [3.05, 3.63) is 35.1 Å². The Morgan fingerprint density at radius 3 is 2.71 bits per heavy atom. The van der Waals surface area contributed by atoms with Crippen LogP contribution in [0.4, 0.5) is 4.39 Å². The van der Waals surface area contributed by atoms with E-state index >= 15 is 0 Å². The van der Waals surface area contributed by atoms with Crippen LogP contribution in [0, 0.1) is 12.7 Å². The molecular formula is C13H17ClFNO. The molecule has 1 N–H and O–H groups in total. The van der Waals surface area contributed by atoms with Crippen molar-refractivity contribution in [1.29, 1.82) is 0 Å². The van der Waals surface area contributed by atoms with Crippen LogP contribution in [0.5, 0.6) is 0 Å². The number of aryl methyl sites for hydroxylation is 1. The highest BCUT2D eigenvalue weighted by Crippen LogP contribution is 2.16. The lowest BCUT2D eigenvalue weighted by Crippen LogP contribution is -2.47. The van der Waals surface area contributed by atoms with Crippen molar-refractivity contribution >= 4 is 17.5 Å². The van der Waals surface area contributed by atoms with E-state index in [4.69, 9.17) is 11.6 Å². The number of carbonyl (C=O) groups excluding carboxylic acids is 1. The van der Waals surface area contributed by atoms with Crippen molar-refractivity contribution in [2.75, 3.05) is 5.88 Å². The Hall–Kier alpha value is -1.09. The lowest BCUT2D eigenvalue weighted by molar-refractivity contribution is 0.0908. The first-order valence-electron chi connectivity index (χ1n) is 5.57. The molecule has 0 saturated carbocycles. The van der Waals surface area contributed by atoms with E-state index in [-0.39, 0.29) is 5.56 Å². The Morgan fingerprint density at radius 1 is 1.53 bits per heavy atom. The van der Waals surface area contributed by atoms with E-state index in [1.807, 2.05) is 13.8 Å². The van der Waals surface area contributed by atoms with E-state index in [9.17, 15) is 9.18 Å². The van der Waals surface area contributed by atoms with Crippen molar-refractivity contribution in [3.63, 3.8) is 0 Å². The van der Waals surface area contributed by atoms with E-state index in [2.05, 4.69) is 5.32 Å². The monoisotopic (exact) mass is 257 g/mol. The Morgan fingerprint density at radius 2 is 2.18 bits per heavy atom. The summed E-state index contributed by atoms with van der Waals surface area (Å²) in [4.78, 5) is 11.9. The molecule has 0 bridgehead atoms. The van der Waals surface area contributed by atoms with Gasteiger partial charge in [-0.2, -0.15) is 0 Å². The summed E-state index contributed by atoms with van der Waals surface area (Å²) in [7, 11) is 0. The van der Waals surface area contributed by atoms with Crippen LogP contribution in [-0.4, -0.2) is 17.3 Å². The number of benzene rings is 1. The molecule has 0 saturated heterocycles. The first-order valence-corrected chi connectivity index (χ1v) is 6.10. The van der Waals surface area contributed by atoms with Gasteiger partial charge in [0.2, 0.25) is 0 Å². The lowest BCUT2D eigenvalue weighted by Gasteiger charge is -2.27. The first kappa shape index (κ1) is 14.0. The Labute approximate surface area is 106 Å². The van der Waals surface area contributed by atoms with Gasteiger partial charge in [-0.25, -0.2) is 4.39 Å². The molecule has 0 aliphatic heterocycles. The molecule has 1 aromatic rings. The summed E-state index contributed by atoms with van der Waals surface area (Å²) >= 11 is 5.80. The van der Waals surface area contributed by atoms with E-state index in [0.717, 1.165) is 0 Å². The highest BCUT2D eigenvalue weighted by atomic mass is 35.5. The number of alkyl halides is 1. The van der Waals surface area contributed by atoms with Crippen LogP contribution in [0.25, 0.3) is 0 Å². The average Bonchev–Trinajstić information content (AvgIpc) is 2.32. The van der Waals surface area contributed by atoms with Crippen molar-refractivity contribution in [2.45, 2.75) is 32.7 Å². The Kier molecular flexibility index (Phi) is 4.52. The second-order valence-corrected chi connectivity index (χ2v) is 4.71. The number of halogens is 2. The summed E-state index contributed by atoms with van der Waals surface area (Å²) in [6, 6.07) is 4.77. The molecule has 94 valence electrons. The number of nitrogens with one attached hydrogen (secondary N) is 1. The van der Waals surface area contributed by atoms with Crippen LogP contribution in [0.15, 0.2) is 18.2 Å². The molecule has 2 nitrogen and oxygen atoms in total. The molecule has 0 heterocycles. The van der Waals surface area contributed by atoms with Crippen molar-refractivity contribution in [2.24, 2.45) is 0 Å². The number of hydrogen-bond acceptors (Lipinski definition) is 1. The van der Waals surface area contributed by atoms with Crippen molar-refractivity contribution in [1.82, 2.24) is 5.32 Å². The summed E-state index contributed by atoms with van der Waals surface area (Å²) in [5.41, 5.74) is 0.0194. The van der Waals surface area contributed by atoms with Gasteiger partial charge in [0, 0.05) is 5.88 Å². The first-order chi connectivity index (χ1) is 7.93. The largest absolute Gasteiger partial charge is 0.346 e. The minimum absolute atomic E-state index is 0.0646. The topological polar surface area (TPSA) is 29.1 Å². The summed E-state index contributed by atoms with van der Waals surface area (Å²) in [5, 5.41) is 2.77. The lowest BCUT2D eigenvalue weighted by atomic mass is 10.0. The van der Waals surface area contributed by atoms with Gasteiger partial charge in [-0.1, -0.05) is 19.1 Å². The van der Waals surface area contributed by atoms with Crippen LogP contribution in [0.2, 0.25) is 0 Å². The molecule has 1 aromatic carbocycles. The second-order valence-electron chi connectivity index (χ2n) is 4.44. The van der Waals surface area contributed by atoms with Gasteiger partial charge >= 0.3 is 0 Å². The van der Waals surface area contributed by atoms with E-state index in [1.54, 1.807) is 19.1 Å². The molecule has 0 fully saturated rings. The van der Waals surface area contributed by atoms with Gasteiger partial charge in [0.05, 0.1) is 11.1 Å². The predicted molar refractivity (Wildman–Crippen MR) is 68.0 cm³/mol. The van der Waals surface area contributed by atoms with Crippen LogP contribution in [0.3, 0.4) is 0 Å². The molecule has 4 heteroatoms. The van der Waals surface area contributed by atoms with E-state index in [1.165, 1.54) is 6.07 Å². The van der Waals surface area contributed by atoms with Crippen LogP contribution >= 0.6 is 11.6 Å². The second kappa shape index (κ2) is 5.50. The van der Waals surface area contributed by atoms with E-state index in [0.29, 0.717) is 17.9 Å². The van der Waals surface area contributed by atoms with Gasteiger partial charge in [0.1, 0.15) is 5.82 Å². The zero-order valence-corrected chi connectivity index (χ0v) is 11.1. The number of carbonyl (C=O) groups is 1. The Balaban J connectivity index is 2.94. The molecule has 1 atom stereocenters. The van der Waals surface area contributed by atoms with Gasteiger partial charge < -0.3 is 5.32 Å². The van der Waals surface area contributed by atoms with Crippen LogP contribution in [0.1, 0.15) is 36.2 Å². The van der Waals surface area contributed by atoms with Crippen LogP contribution < -0.4 is 5.32 Å². The van der Waals surface area contributed by atoms with Gasteiger partial charge in [-0.05, 0) is 31.9 Å². The number of rotatable bonds is 4. The molecule has 1 rings (SSSR count). The molecule has 0 aromatic heterocycles. The maximum absolute atomic E-state index is 13.7. The third-order valence-corrected chi connectivity index (χ3v) is 3.52. The van der Waals surface area contributed by atoms with Gasteiger partial charge in [-0.3, -0.25) is 4.79 Å². The minimum atomic E-state index is -0.505. The van der Waals surface area contributed by atoms with Gasteiger partial charge in [0.15, 0.2) is 0 Å². The third kappa shape index (κ3) is 3.19. The van der Waals surface area contributed by atoms with Gasteiger partial charge in [0.25, 0.3) is 5.91 Å². The fourth-order valence-electron chi connectivity index (χ4n) is 1.38. The third-order valence-electron chi connectivity index (χ3n) is 2.93. The predicted octanol–water partition coefficient (Wildman–Crippen LogP) is 3.27. The Bertz CT molecular complexity index is 416. The van der Waals surface area contributed by atoms with Crippen molar-refractivity contribution in [3.8, 4) is 0 Å². The summed E-state index contributed by atoms with van der Waals surface area (Å²) in [5.74, 6) is -0.600. The summed E-state index contributed by atoms with van der Waals surface area (Å²) in [6.45, 7) is 5.40. The highest BCUT2D eigenvalue weighted by Gasteiger charge is 2.25. The maximum atomic E-state index is 13.7. The zero-order valence-electron chi connectivity index (χ0n) is 10.3. The van der Waals surface area contributed by atoms with Crippen molar-refractivity contribution < 1.29 is 9.18 Å². The molecule has 0 radical (unpaired) electrons. The van der Waals surface area contributed by atoms with E-state index < -0.39 is 17.3 Å². The number of hydrogen-bond donors (Lipinski definition) is 1. The molecule has 1 unspecified atom stereocenters.